The van der Waals surface area contributed by atoms with Crippen LogP contribution in [0.25, 0.3) is 0 Å². The maximum absolute atomic E-state index is 12.8. The predicted molar refractivity (Wildman–Crippen MR) is 161 cm³/mol. The van der Waals surface area contributed by atoms with Gasteiger partial charge in [0.05, 0.1) is 31.7 Å². The number of piperazine rings is 1. The molecular formula is C30H47N5O10. The summed E-state index contributed by atoms with van der Waals surface area (Å²) in [4.78, 5) is 67.5. The maximum Gasteiger partial charge on any atom is 0.336 e. The number of carbonyl (C=O) groups excluding carboxylic acids is 1. The van der Waals surface area contributed by atoms with E-state index in [1.165, 1.54) is 6.42 Å². The van der Waals surface area contributed by atoms with Gasteiger partial charge in [0.15, 0.2) is 5.60 Å². The van der Waals surface area contributed by atoms with Crippen molar-refractivity contribution >= 4 is 23.8 Å². The second-order valence-electron chi connectivity index (χ2n) is 11.8. The molecule has 0 spiro atoms. The Balaban J connectivity index is 0.000000360. The fourth-order valence-electron chi connectivity index (χ4n) is 5.89. The van der Waals surface area contributed by atoms with Crippen LogP contribution in [0.3, 0.4) is 0 Å². The molecule has 0 radical (unpaired) electrons. The van der Waals surface area contributed by atoms with Gasteiger partial charge in [0.25, 0.3) is 5.56 Å². The molecule has 15 nitrogen and oxygen atoms in total. The third-order valence-corrected chi connectivity index (χ3v) is 8.52. The lowest BCUT2D eigenvalue weighted by Gasteiger charge is -2.37. The molecule has 4 N–H and O–H groups in total. The molecular weight excluding hydrogens is 590 g/mol. The highest BCUT2D eigenvalue weighted by Gasteiger charge is 2.40. The summed E-state index contributed by atoms with van der Waals surface area (Å²) in [7, 11) is 0. The molecule has 4 heterocycles. The Morgan fingerprint density at radius 3 is 2.13 bits per heavy atom. The van der Waals surface area contributed by atoms with Crippen LogP contribution in [0.15, 0.2) is 10.9 Å². The van der Waals surface area contributed by atoms with Crippen LogP contribution in [0.1, 0.15) is 69.3 Å². The number of carboxylic acid groups (broad SMARTS) is 3. The zero-order chi connectivity index (χ0) is 33.0. The molecule has 252 valence electrons. The first-order chi connectivity index (χ1) is 21.4. The average molecular weight is 638 g/mol. The minimum Gasteiger partial charge on any atom is -0.481 e. The zero-order valence-corrected chi connectivity index (χ0v) is 26.1. The van der Waals surface area contributed by atoms with Crippen LogP contribution >= 0.6 is 0 Å². The van der Waals surface area contributed by atoms with Crippen molar-refractivity contribution in [3.8, 4) is 0 Å². The number of amides is 1. The van der Waals surface area contributed by atoms with Crippen molar-refractivity contribution in [1.29, 1.82) is 0 Å². The Labute approximate surface area is 262 Å². The van der Waals surface area contributed by atoms with Crippen molar-refractivity contribution in [2.45, 2.75) is 76.4 Å². The van der Waals surface area contributed by atoms with E-state index >= 15 is 0 Å². The summed E-state index contributed by atoms with van der Waals surface area (Å²) in [6, 6.07) is 1.77. The molecule has 2 saturated heterocycles. The lowest BCUT2D eigenvalue weighted by molar-refractivity contribution is -0.170. The summed E-state index contributed by atoms with van der Waals surface area (Å²) in [6.07, 6.45) is 3.92. The Morgan fingerprint density at radius 1 is 0.911 bits per heavy atom. The normalized spacial score (nSPS) is 18.3. The molecule has 3 aliphatic rings. The number of carbonyl (C=O) groups is 4. The monoisotopic (exact) mass is 637 g/mol. The van der Waals surface area contributed by atoms with Crippen LogP contribution in [-0.4, -0.2) is 140 Å². The predicted octanol–water partition coefficient (Wildman–Crippen LogP) is 0.0813. The number of nitrogens with zero attached hydrogens (tertiary/aromatic N) is 5. The summed E-state index contributed by atoms with van der Waals surface area (Å²) < 4.78 is 7.32. The van der Waals surface area contributed by atoms with E-state index in [1.54, 1.807) is 6.07 Å². The largest absolute Gasteiger partial charge is 0.481 e. The van der Waals surface area contributed by atoms with E-state index in [2.05, 4.69) is 9.80 Å². The molecule has 15 heteroatoms. The number of carboxylic acids is 3. The molecule has 0 atom stereocenters. The summed E-state index contributed by atoms with van der Waals surface area (Å²) in [5, 5.41) is 33.8. The van der Waals surface area contributed by atoms with Crippen molar-refractivity contribution in [3.63, 3.8) is 0 Å². The maximum atomic E-state index is 12.8. The number of rotatable bonds is 12. The van der Waals surface area contributed by atoms with Gasteiger partial charge < -0.3 is 30.1 Å². The molecule has 1 amide bonds. The van der Waals surface area contributed by atoms with E-state index in [0.717, 1.165) is 109 Å². The van der Waals surface area contributed by atoms with E-state index in [9.17, 15) is 24.0 Å². The van der Waals surface area contributed by atoms with Crippen molar-refractivity contribution < 1.29 is 44.3 Å². The Bertz CT molecular complexity index is 1210. The number of aliphatic hydroxyl groups is 1. The highest BCUT2D eigenvalue weighted by atomic mass is 16.5. The molecule has 0 saturated carbocycles. The first-order valence-corrected chi connectivity index (χ1v) is 15.7. The quantitative estimate of drug-likeness (QED) is 0.225. The van der Waals surface area contributed by atoms with E-state index in [1.807, 2.05) is 16.4 Å². The van der Waals surface area contributed by atoms with E-state index in [0.29, 0.717) is 12.5 Å². The van der Waals surface area contributed by atoms with Gasteiger partial charge in [-0.2, -0.15) is 0 Å². The fraction of sp³-hybridized carbons (Fsp3) is 0.733. The van der Waals surface area contributed by atoms with E-state index < -0.39 is 36.4 Å². The number of fused-ring (bicyclic) bond motifs is 1. The van der Waals surface area contributed by atoms with E-state index in [4.69, 9.17) is 30.1 Å². The Kier molecular flexibility index (Phi) is 13.9. The van der Waals surface area contributed by atoms with Gasteiger partial charge in [0, 0.05) is 64.3 Å². The van der Waals surface area contributed by atoms with Crippen molar-refractivity contribution in [1.82, 2.24) is 24.3 Å². The van der Waals surface area contributed by atoms with Gasteiger partial charge in [0.1, 0.15) is 5.82 Å². The van der Waals surface area contributed by atoms with Crippen LogP contribution < -0.4 is 5.56 Å². The number of piperidine rings is 1. The van der Waals surface area contributed by atoms with Gasteiger partial charge >= 0.3 is 17.9 Å². The van der Waals surface area contributed by atoms with Crippen molar-refractivity contribution in [3.05, 3.63) is 27.9 Å². The van der Waals surface area contributed by atoms with Gasteiger partial charge in [0.2, 0.25) is 5.91 Å². The molecule has 0 aliphatic carbocycles. The highest BCUT2D eigenvalue weighted by molar-refractivity contribution is 5.88. The standard InChI is InChI=1S/C24H39N5O3.C6H8O7/c1-2-32-17-16-26-12-14-28(15-13-26)24(31)19-27-10-7-20(8-11-27)21-18-23(30)29-9-5-3-4-6-22(29)25-21;7-3(8)1-6(13,5(11)12)2-4(9)10/h18,20H,2-17,19H2,1H3;13H,1-2H2,(H,7,8)(H,9,10)(H,11,12). The second kappa shape index (κ2) is 17.3. The third-order valence-electron chi connectivity index (χ3n) is 8.52. The molecule has 2 fully saturated rings. The fourth-order valence-corrected chi connectivity index (χ4v) is 5.89. The Hall–Kier alpha value is -3.40. The molecule has 4 rings (SSSR count). The summed E-state index contributed by atoms with van der Waals surface area (Å²) in [6.45, 7) is 11.1. The van der Waals surface area contributed by atoms with Gasteiger partial charge in [-0.3, -0.25) is 33.5 Å². The van der Waals surface area contributed by atoms with Gasteiger partial charge in [-0.25, -0.2) is 9.78 Å². The lowest BCUT2D eigenvalue weighted by atomic mass is 9.93. The van der Waals surface area contributed by atoms with E-state index in [-0.39, 0.29) is 11.5 Å². The number of aryl methyl sites for hydroxylation is 1. The van der Waals surface area contributed by atoms with Gasteiger partial charge in [-0.1, -0.05) is 6.42 Å². The van der Waals surface area contributed by atoms with Gasteiger partial charge in [-0.15, -0.1) is 0 Å². The van der Waals surface area contributed by atoms with Crippen LogP contribution in [0, 0.1) is 0 Å². The minimum atomic E-state index is -2.74. The zero-order valence-electron chi connectivity index (χ0n) is 26.1. The van der Waals surface area contributed by atoms with Crippen LogP contribution in [0.5, 0.6) is 0 Å². The van der Waals surface area contributed by atoms with Crippen LogP contribution in [0.4, 0.5) is 0 Å². The number of likely N-dealkylation sites (tertiary alicyclic amines) is 1. The summed E-state index contributed by atoms with van der Waals surface area (Å²) in [5.74, 6) is -3.47. The molecule has 1 aromatic heterocycles. The first kappa shape index (κ1) is 36.1. The van der Waals surface area contributed by atoms with Gasteiger partial charge in [-0.05, 0) is 45.7 Å². The molecule has 0 aromatic carbocycles. The molecule has 0 bridgehead atoms. The summed E-state index contributed by atoms with van der Waals surface area (Å²) in [5.41, 5.74) is -1.65. The summed E-state index contributed by atoms with van der Waals surface area (Å²) >= 11 is 0. The molecule has 0 unspecified atom stereocenters. The number of aromatic nitrogens is 2. The SMILES string of the molecule is CCOCCN1CCN(C(=O)CN2CCC(c3cc(=O)n4c(n3)CCCCC4)CC2)CC1.O=C(O)CC(O)(CC(=O)O)C(=O)O. The Morgan fingerprint density at radius 2 is 1.56 bits per heavy atom. The van der Waals surface area contributed by atoms with Crippen molar-refractivity contribution in [2.24, 2.45) is 0 Å². The average Bonchev–Trinajstić information content (AvgIpc) is 3.24. The highest BCUT2D eigenvalue weighted by Crippen LogP contribution is 2.27. The number of ether oxygens (including phenoxy) is 1. The smallest absolute Gasteiger partial charge is 0.336 e. The number of aliphatic carboxylic acids is 3. The molecule has 3 aliphatic heterocycles. The topological polar surface area (TPSA) is 203 Å². The lowest BCUT2D eigenvalue weighted by Crippen LogP contribution is -2.52. The number of hydrogen-bond donors (Lipinski definition) is 4. The molecule has 45 heavy (non-hydrogen) atoms. The van der Waals surface area contributed by atoms with Crippen molar-refractivity contribution in [2.75, 3.05) is 65.6 Å². The minimum absolute atomic E-state index is 0.116. The number of hydrogen-bond acceptors (Lipinski definition) is 10. The third kappa shape index (κ3) is 11.2. The first-order valence-electron chi connectivity index (χ1n) is 15.7. The van der Waals surface area contributed by atoms with Crippen LogP contribution in [0.2, 0.25) is 0 Å². The second-order valence-corrected chi connectivity index (χ2v) is 11.8. The molecule has 1 aromatic rings. The van der Waals surface area contributed by atoms with Crippen LogP contribution in [-0.2, 0) is 36.9 Å².